The van der Waals surface area contributed by atoms with Crippen molar-refractivity contribution in [1.82, 2.24) is 0 Å². The molecule has 0 heterocycles. The Bertz CT molecular complexity index is 35.0. The van der Waals surface area contributed by atoms with Gasteiger partial charge in [0.1, 0.15) is 6.29 Å². The summed E-state index contributed by atoms with van der Waals surface area (Å²) in [5.74, 6) is 0. The van der Waals surface area contributed by atoms with Gasteiger partial charge in [0.05, 0.1) is 0 Å². The average molecular weight is 93.1 g/mol. The first-order valence-electron chi connectivity index (χ1n) is 1.04. The molecule has 0 atom stereocenters. The molecule has 0 saturated heterocycles. The Kier molecular flexibility index (Phi) is 182. The number of carbonyl (C=O) groups excluding carboxylic acids is 1. The van der Waals surface area contributed by atoms with Crippen LogP contribution in [0.4, 0.5) is 0 Å². The van der Waals surface area contributed by atoms with E-state index < -0.39 is 0 Å². The smallest absolute Gasteiger partial charge is 0.512 e. The van der Waals surface area contributed by atoms with Crippen LogP contribution in [0.2, 0.25) is 0 Å². The van der Waals surface area contributed by atoms with Crippen LogP contribution in [0.3, 0.4) is 0 Å². The summed E-state index contributed by atoms with van der Waals surface area (Å²) in [7, 11) is 0. The Morgan fingerprint density at radius 2 is 1.67 bits per heavy atom. The van der Waals surface area contributed by atoms with Crippen molar-refractivity contribution in [1.29, 1.82) is 5.26 Å². The number of hydrogen-bond donors (Lipinski definition) is 0. The van der Waals surface area contributed by atoms with Gasteiger partial charge in [0.25, 0.3) is 0 Å². The van der Waals surface area contributed by atoms with Crippen LogP contribution in [0.25, 0.3) is 0 Å². The van der Waals surface area contributed by atoms with E-state index in [0.717, 1.165) is 6.29 Å². The molecule has 0 bridgehead atoms. The maximum Gasteiger partial charge on any atom is 1.00 e. The molecule has 0 aromatic rings. The first-order chi connectivity index (χ1) is 2.41. The van der Waals surface area contributed by atoms with Gasteiger partial charge in [-0.3, -0.25) is 0 Å². The van der Waals surface area contributed by atoms with E-state index in [4.69, 9.17) is 16.6 Å². The minimum absolute atomic E-state index is 0. The van der Waals surface area contributed by atoms with Gasteiger partial charge in [-0.15, -0.1) is 0 Å². The zero-order chi connectivity index (χ0) is 4.71. The predicted octanol–water partition coefficient (Wildman–Crippen LogP) is -2.69. The van der Waals surface area contributed by atoms with E-state index in [0.29, 0.717) is 0 Å². The molecule has 0 saturated carbocycles. The molecular formula is C3H4NNaO. The quantitative estimate of drug-likeness (QED) is 0.186. The molecule has 0 aliphatic heterocycles. The molecule has 28 valence electrons. The van der Waals surface area contributed by atoms with E-state index in [1.165, 1.54) is 6.92 Å². The molecule has 0 aliphatic carbocycles. The standard InChI is InChI=1S/C2H4O.CN.Na/c1-2-3;1-2;/h2H,1H3;;/q;-1;+1. The minimum Gasteiger partial charge on any atom is -0.512 e. The van der Waals surface area contributed by atoms with Gasteiger partial charge in [-0.1, -0.05) is 0 Å². The van der Waals surface area contributed by atoms with Crippen LogP contribution >= 0.6 is 0 Å². The number of carbonyl (C=O) groups is 1. The normalized spacial score (nSPS) is 2.50. The van der Waals surface area contributed by atoms with Crippen molar-refractivity contribution in [2.75, 3.05) is 0 Å². The van der Waals surface area contributed by atoms with Crippen molar-refractivity contribution in [3.05, 3.63) is 6.57 Å². The van der Waals surface area contributed by atoms with Crippen LogP contribution in [0.1, 0.15) is 6.92 Å². The van der Waals surface area contributed by atoms with Gasteiger partial charge in [-0.05, 0) is 6.92 Å². The zero-order valence-electron chi connectivity index (χ0n) is 3.93. The van der Waals surface area contributed by atoms with Crippen LogP contribution in [-0.4, -0.2) is 6.29 Å². The van der Waals surface area contributed by atoms with Crippen molar-refractivity contribution in [2.24, 2.45) is 0 Å². The van der Waals surface area contributed by atoms with Gasteiger partial charge in [-0.25, -0.2) is 0 Å². The Balaban J connectivity index is -0.0000000275. The van der Waals surface area contributed by atoms with E-state index in [1.807, 2.05) is 0 Å². The summed E-state index contributed by atoms with van der Waals surface area (Å²) in [6.07, 6.45) is 0.750. The summed E-state index contributed by atoms with van der Waals surface area (Å²) in [6.45, 7) is 6.19. The molecule has 0 aliphatic rings. The molecule has 0 fully saturated rings. The van der Waals surface area contributed by atoms with Gasteiger partial charge < -0.3 is 16.6 Å². The average Bonchev–Trinajstić information content (AvgIpc) is 1.46. The SMILES string of the molecule is CC=O.[C-]#N.[Na+]. The summed E-state index contributed by atoms with van der Waals surface area (Å²) >= 11 is 0. The fourth-order valence-corrected chi connectivity index (χ4v) is 0. The molecule has 0 amide bonds. The third-order valence-corrected chi connectivity index (χ3v) is 0. The van der Waals surface area contributed by atoms with Crippen LogP contribution in [0.5, 0.6) is 0 Å². The van der Waals surface area contributed by atoms with Crippen LogP contribution in [-0.2, 0) is 4.79 Å². The van der Waals surface area contributed by atoms with Crippen molar-refractivity contribution >= 4 is 6.29 Å². The second-order valence-electron chi connectivity index (χ2n) is 0.236. The van der Waals surface area contributed by atoms with Crippen LogP contribution in [0, 0.1) is 11.8 Å². The van der Waals surface area contributed by atoms with E-state index in [1.54, 1.807) is 0 Å². The predicted molar refractivity (Wildman–Crippen MR) is 16.7 cm³/mol. The molecular weight excluding hydrogens is 89.0 g/mol. The van der Waals surface area contributed by atoms with E-state index in [2.05, 4.69) is 0 Å². The van der Waals surface area contributed by atoms with Crippen LogP contribution in [0.15, 0.2) is 0 Å². The van der Waals surface area contributed by atoms with Gasteiger partial charge >= 0.3 is 29.6 Å². The zero-order valence-corrected chi connectivity index (χ0v) is 5.93. The molecule has 0 aromatic carbocycles. The fraction of sp³-hybridized carbons (Fsp3) is 0.333. The molecule has 0 radical (unpaired) electrons. The molecule has 0 rings (SSSR count). The van der Waals surface area contributed by atoms with Crippen molar-refractivity contribution in [3.63, 3.8) is 0 Å². The summed E-state index contributed by atoms with van der Waals surface area (Å²) < 4.78 is 0. The molecule has 3 heteroatoms. The third kappa shape index (κ3) is 1620. The molecule has 6 heavy (non-hydrogen) atoms. The van der Waals surface area contributed by atoms with Gasteiger partial charge in [0.2, 0.25) is 0 Å². The van der Waals surface area contributed by atoms with Crippen molar-refractivity contribution in [3.8, 4) is 0 Å². The number of aldehydes is 1. The summed E-state index contributed by atoms with van der Waals surface area (Å²) in [5, 5.41) is 6.25. The Hall–Kier alpha value is 0.160. The number of hydrogen-bond acceptors (Lipinski definition) is 2. The van der Waals surface area contributed by atoms with E-state index in [9.17, 15) is 0 Å². The van der Waals surface area contributed by atoms with E-state index >= 15 is 0 Å². The second kappa shape index (κ2) is 66.4. The van der Waals surface area contributed by atoms with Gasteiger partial charge in [-0.2, -0.15) is 0 Å². The molecule has 0 spiro atoms. The minimum atomic E-state index is 0. The Morgan fingerprint density at radius 1 is 1.67 bits per heavy atom. The summed E-state index contributed by atoms with van der Waals surface area (Å²) in [4.78, 5) is 8.81. The Morgan fingerprint density at radius 3 is 1.67 bits per heavy atom. The fourth-order valence-electron chi connectivity index (χ4n) is 0. The molecule has 2 nitrogen and oxygen atoms in total. The topological polar surface area (TPSA) is 40.9 Å². The van der Waals surface area contributed by atoms with Crippen molar-refractivity contribution < 1.29 is 34.4 Å². The third-order valence-electron chi connectivity index (χ3n) is 0. The first-order valence-corrected chi connectivity index (χ1v) is 1.04. The summed E-state index contributed by atoms with van der Waals surface area (Å²) in [6, 6.07) is 0. The monoisotopic (exact) mass is 93.0 g/mol. The first kappa shape index (κ1) is 16.4. The maximum absolute atomic E-state index is 8.81. The van der Waals surface area contributed by atoms with Crippen molar-refractivity contribution in [2.45, 2.75) is 6.92 Å². The maximum atomic E-state index is 8.81. The Labute approximate surface area is 59.4 Å². The number of nitrogens with zero attached hydrogens (tertiary/aromatic N) is 1. The molecule has 0 aromatic heterocycles. The van der Waals surface area contributed by atoms with E-state index in [-0.39, 0.29) is 29.6 Å². The second-order valence-corrected chi connectivity index (χ2v) is 0.236. The largest absolute Gasteiger partial charge is 1.00 e. The number of rotatable bonds is 0. The van der Waals surface area contributed by atoms with Gasteiger partial charge in [0.15, 0.2) is 0 Å². The molecule has 0 unspecified atom stereocenters. The van der Waals surface area contributed by atoms with Crippen LogP contribution < -0.4 is 29.6 Å². The van der Waals surface area contributed by atoms with Gasteiger partial charge in [0, 0.05) is 0 Å². The summed E-state index contributed by atoms with van der Waals surface area (Å²) in [5.41, 5.74) is 0. The molecule has 0 N–H and O–H groups in total.